The Kier molecular flexibility index (Phi) is 5.87. The van der Waals surface area contributed by atoms with E-state index in [0.717, 1.165) is 12.0 Å². The summed E-state index contributed by atoms with van der Waals surface area (Å²) in [4.78, 5) is 24.6. The van der Waals surface area contributed by atoms with Gasteiger partial charge >= 0.3 is 5.97 Å². The highest BCUT2D eigenvalue weighted by molar-refractivity contribution is 6.35. The number of nitrogens with zero attached hydrogens (tertiary/aromatic N) is 1. The zero-order valence-corrected chi connectivity index (χ0v) is 11.9. The zero-order valence-electron chi connectivity index (χ0n) is 11.1. The average Bonchev–Trinajstić information content (AvgIpc) is 2.40. The molecular weight excluding hydrogens is 278 g/mol. The van der Waals surface area contributed by atoms with Crippen molar-refractivity contribution >= 4 is 34.8 Å². The molecule has 0 fully saturated rings. The molecule has 2 aromatic rings. The van der Waals surface area contributed by atoms with Crippen LogP contribution in [0, 0.1) is 6.92 Å². The molecule has 0 aliphatic rings. The van der Waals surface area contributed by atoms with Crippen molar-refractivity contribution in [2.75, 3.05) is 0 Å². The van der Waals surface area contributed by atoms with Gasteiger partial charge in [-0.05, 0) is 38.1 Å². The second-order valence-corrected chi connectivity index (χ2v) is 4.32. The Balaban J connectivity index is 0.000000347. The molecule has 0 saturated heterocycles. The van der Waals surface area contributed by atoms with Gasteiger partial charge in [-0.1, -0.05) is 23.7 Å². The number of halogens is 1. The highest BCUT2D eigenvalue weighted by Crippen LogP contribution is 2.25. The quantitative estimate of drug-likeness (QED) is 0.677. The van der Waals surface area contributed by atoms with Crippen LogP contribution >= 0.6 is 11.6 Å². The van der Waals surface area contributed by atoms with E-state index in [2.05, 4.69) is 4.98 Å². The van der Waals surface area contributed by atoms with Gasteiger partial charge in [0.1, 0.15) is 6.29 Å². The van der Waals surface area contributed by atoms with Crippen molar-refractivity contribution in [3.63, 3.8) is 0 Å². The number of hydrogen-bond acceptors (Lipinski definition) is 3. The lowest BCUT2D eigenvalue weighted by Crippen LogP contribution is -1.99. The zero-order chi connectivity index (χ0) is 15.1. The summed E-state index contributed by atoms with van der Waals surface area (Å²) in [5.74, 6) is -1.03. The molecule has 0 atom stereocenters. The molecule has 0 unspecified atom stereocenters. The molecule has 5 heteroatoms. The molecule has 1 aromatic carbocycles. The summed E-state index contributed by atoms with van der Waals surface area (Å²) >= 11 is 5.83. The molecule has 2 rings (SSSR count). The van der Waals surface area contributed by atoms with E-state index < -0.39 is 5.97 Å². The fraction of sp³-hybridized carbons (Fsp3) is 0.133. The number of rotatable bonds is 2. The minimum absolute atomic E-state index is 0.113. The number of aldehydes is 1. The molecule has 4 nitrogen and oxygen atoms in total. The Bertz CT molecular complexity index is 665. The first-order chi connectivity index (χ1) is 9.51. The van der Waals surface area contributed by atoms with Gasteiger partial charge in [0.05, 0.1) is 16.1 Å². The summed E-state index contributed by atoms with van der Waals surface area (Å²) < 4.78 is 0. The number of aromatic nitrogens is 1. The van der Waals surface area contributed by atoms with E-state index >= 15 is 0 Å². The second-order valence-electron chi connectivity index (χ2n) is 3.91. The Morgan fingerprint density at radius 2 is 2.00 bits per heavy atom. The predicted molar refractivity (Wildman–Crippen MR) is 79.3 cm³/mol. The van der Waals surface area contributed by atoms with E-state index in [-0.39, 0.29) is 10.6 Å². The Morgan fingerprint density at radius 1 is 1.30 bits per heavy atom. The van der Waals surface area contributed by atoms with E-state index in [1.54, 1.807) is 37.3 Å². The van der Waals surface area contributed by atoms with Crippen LogP contribution in [0.2, 0.25) is 5.02 Å². The smallest absolute Gasteiger partial charge is 0.337 e. The van der Waals surface area contributed by atoms with Crippen LogP contribution in [0.15, 0.2) is 36.4 Å². The summed E-state index contributed by atoms with van der Waals surface area (Å²) in [5.41, 5.74) is 1.61. The fourth-order valence-electron chi connectivity index (χ4n) is 1.58. The number of allylic oxidation sites excluding steroid dienone is 2. The molecule has 1 heterocycles. The molecule has 0 saturated carbocycles. The normalized spacial score (nSPS) is 10.2. The molecule has 0 amide bonds. The van der Waals surface area contributed by atoms with Crippen LogP contribution in [0.1, 0.15) is 23.0 Å². The minimum atomic E-state index is -1.03. The topological polar surface area (TPSA) is 67.3 Å². The number of benzene rings is 1. The number of fused-ring (bicyclic) bond motifs is 1. The SMILES string of the molecule is C/C=C/C=O.Cc1ccc2c(C(=O)O)c(Cl)ccc2n1. The van der Waals surface area contributed by atoms with Crippen LogP contribution in [-0.4, -0.2) is 22.3 Å². The molecule has 1 aromatic heterocycles. The van der Waals surface area contributed by atoms with Crippen molar-refractivity contribution in [2.45, 2.75) is 13.8 Å². The van der Waals surface area contributed by atoms with Crippen LogP contribution in [0.25, 0.3) is 10.9 Å². The molecule has 104 valence electrons. The van der Waals surface area contributed by atoms with Gasteiger partial charge in [0.25, 0.3) is 0 Å². The Labute approximate surface area is 121 Å². The number of hydrogen-bond donors (Lipinski definition) is 1. The summed E-state index contributed by atoms with van der Waals surface area (Å²) in [6.07, 6.45) is 3.88. The largest absolute Gasteiger partial charge is 0.478 e. The summed E-state index contributed by atoms with van der Waals surface area (Å²) in [6.45, 7) is 3.66. The van der Waals surface area contributed by atoms with Gasteiger partial charge in [0, 0.05) is 11.1 Å². The van der Waals surface area contributed by atoms with Crippen molar-refractivity contribution < 1.29 is 14.7 Å². The van der Waals surface area contributed by atoms with Crippen molar-refractivity contribution in [1.29, 1.82) is 0 Å². The van der Waals surface area contributed by atoms with E-state index in [4.69, 9.17) is 16.7 Å². The highest BCUT2D eigenvalue weighted by atomic mass is 35.5. The number of pyridine rings is 1. The molecule has 20 heavy (non-hydrogen) atoms. The van der Waals surface area contributed by atoms with E-state index in [1.165, 1.54) is 6.08 Å². The lowest BCUT2D eigenvalue weighted by Gasteiger charge is -2.04. The number of carbonyl (C=O) groups is 2. The van der Waals surface area contributed by atoms with Gasteiger partial charge in [-0.2, -0.15) is 0 Å². The van der Waals surface area contributed by atoms with Crippen molar-refractivity contribution in [3.8, 4) is 0 Å². The van der Waals surface area contributed by atoms with E-state index in [1.807, 2.05) is 6.92 Å². The maximum atomic E-state index is 11.0. The Morgan fingerprint density at radius 3 is 2.50 bits per heavy atom. The third kappa shape index (κ3) is 3.90. The highest BCUT2D eigenvalue weighted by Gasteiger charge is 2.13. The first kappa shape index (κ1) is 15.9. The van der Waals surface area contributed by atoms with E-state index in [0.29, 0.717) is 10.9 Å². The van der Waals surface area contributed by atoms with Crippen LogP contribution in [0.4, 0.5) is 0 Å². The van der Waals surface area contributed by atoms with Crippen LogP contribution < -0.4 is 0 Å². The first-order valence-corrected chi connectivity index (χ1v) is 6.24. The molecule has 0 bridgehead atoms. The van der Waals surface area contributed by atoms with Crippen molar-refractivity contribution in [3.05, 3.63) is 52.7 Å². The molecule has 0 radical (unpaired) electrons. The van der Waals surface area contributed by atoms with Gasteiger partial charge in [-0.25, -0.2) is 4.79 Å². The lowest BCUT2D eigenvalue weighted by atomic mass is 10.1. The predicted octanol–water partition coefficient (Wildman–Crippen LogP) is 3.66. The third-order valence-corrected chi connectivity index (χ3v) is 2.76. The number of carbonyl (C=O) groups excluding carboxylic acids is 1. The molecular formula is C15H14ClNO3. The summed E-state index contributed by atoms with van der Waals surface area (Å²) in [5, 5.41) is 9.83. The molecule has 0 aliphatic heterocycles. The molecule has 0 spiro atoms. The fourth-order valence-corrected chi connectivity index (χ4v) is 1.82. The van der Waals surface area contributed by atoms with Gasteiger partial charge in [-0.3, -0.25) is 9.78 Å². The van der Waals surface area contributed by atoms with Crippen LogP contribution in [-0.2, 0) is 4.79 Å². The second kappa shape index (κ2) is 7.40. The van der Waals surface area contributed by atoms with Gasteiger partial charge in [0.2, 0.25) is 0 Å². The number of carboxylic acid groups (broad SMARTS) is 1. The van der Waals surface area contributed by atoms with Crippen LogP contribution in [0.3, 0.4) is 0 Å². The third-order valence-electron chi connectivity index (χ3n) is 2.44. The number of aromatic carboxylic acids is 1. The maximum Gasteiger partial charge on any atom is 0.337 e. The molecule has 1 N–H and O–H groups in total. The standard InChI is InChI=1S/C11H8ClNO2.C4H6O/c1-6-2-3-7-9(13-6)5-4-8(12)10(7)11(14)15;1-2-3-4-5/h2-5H,1H3,(H,14,15);2-4H,1H3/b;3-2+. The maximum absolute atomic E-state index is 11.0. The van der Waals surface area contributed by atoms with Crippen molar-refractivity contribution in [1.82, 2.24) is 4.98 Å². The van der Waals surface area contributed by atoms with Gasteiger partial charge in [0.15, 0.2) is 0 Å². The minimum Gasteiger partial charge on any atom is -0.478 e. The monoisotopic (exact) mass is 291 g/mol. The average molecular weight is 292 g/mol. The summed E-state index contributed by atoms with van der Waals surface area (Å²) in [6, 6.07) is 6.77. The number of aryl methyl sites for hydroxylation is 1. The lowest BCUT2D eigenvalue weighted by molar-refractivity contribution is -0.104. The van der Waals surface area contributed by atoms with Gasteiger partial charge < -0.3 is 5.11 Å². The Hall–Kier alpha value is -2.20. The van der Waals surface area contributed by atoms with E-state index in [9.17, 15) is 9.59 Å². The number of carboxylic acids is 1. The van der Waals surface area contributed by atoms with Gasteiger partial charge in [-0.15, -0.1) is 0 Å². The molecule has 0 aliphatic carbocycles. The van der Waals surface area contributed by atoms with Crippen molar-refractivity contribution in [2.24, 2.45) is 0 Å². The summed E-state index contributed by atoms with van der Waals surface area (Å²) in [7, 11) is 0. The van der Waals surface area contributed by atoms with Crippen LogP contribution in [0.5, 0.6) is 0 Å². The first-order valence-electron chi connectivity index (χ1n) is 5.87.